The zero-order valence-electron chi connectivity index (χ0n) is 16.9. The summed E-state index contributed by atoms with van der Waals surface area (Å²) in [7, 11) is 0. The predicted octanol–water partition coefficient (Wildman–Crippen LogP) is -2.22. The van der Waals surface area contributed by atoms with Crippen molar-refractivity contribution >= 4 is 29.2 Å². The maximum absolute atomic E-state index is 12.3. The molecule has 0 aromatic heterocycles. The van der Waals surface area contributed by atoms with Gasteiger partial charge in [-0.05, 0) is 18.2 Å². The number of esters is 1. The zero-order valence-corrected chi connectivity index (χ0v) is 18.4. The summed E-state index contributed by atoms with van der Waals surface area (Å²) in [5.41, 5.74) is -0.0227. The van der Waals surface area contributed by atoms with Gasteiger partial charge in [0.05, 0.1) is 17.2 Å². The molecule has 5 unspecified atom stereocenters. The maximum Gasteiger partial charge on any atom is 0.339 e. The molecule has 2 heterocycles. The highest BCUT2D eigenvalue weighted by molar-refractivity contribution is 6.36. The number of carbonyl (C=O) groups is 1. The monoisotopic (exact) mass is 514 g/mol. The average Bonchev–Trinajstić information content (AvgIpc) is 3.03. The molecule has 2 aliphatic rings. The van der Waals surface area contributed by atoms with E-state index in [1.165, 1.54) is 18.2 Å². The van der Waals surface area contributed by atoms with Gasteiger partial charge < -0.3 is 54.7 Å². The minimum atomic E-state index is -2.32. The molecule has 0 amide bonds. The van der Waals surface area contributed by atoms with Crippen LogP contribution >= 0.6 is 23.2 Å². The van der Waals surface area contributed by atoms with Crippen LogP contribution in [0.15, 0.2) is 18.2 Å². The summed E-state index contributed by atoms with van der Waals surface area (Å²) in [6, 6.07) is 4.06. The van der Waals surface area contributed by atoms with Gasteiger partial charge in [-0.15, -0.1) is 0 Å². The van der Waals surface area contributed by atoms with Crippen LogP contribution in [0, 0.1) is 0 Å². The van der Waals surface area contributed by atoms with E-state index in [4.69, 9.17) is 42.1 Å². The fraction of sp³-hybridized carbons (Fsp3) is 0.632. The Morgan fingerprint density at radius 3 is 2.27 bits per heavy atom. The molecule has 2 fully saturated rings. The second-order valence-corrected chi connectivity index (χ2v) is 8.44. The first-order valence-electron chi connectivity index (χ1n) is 9.80. The van der Waals surface area contributed by atoms with E-state index in [1.807, 2.05) is 0 Å². The van der Waals surface area contributed by atoms with E-state index in [9.17, 15) is 40.5 Å². The first-order chi connectivity index (χ1) is 15.5. The van der Waals surface area contributed by atoms with E-state index in [2.05, 4.69) is 0 Å². The van der Waals surface area contributed by atoms with E-state index >= 15 is 0 Å². The lowest BCUT2D eigenvalue weighted by Crippen LogP contribution is -2.62. The van der Waals surface area contributed by atoms with Gasteiger partial charge in [0.1, 0.15) is 55.9 Å². The van der Waals surface area contributed by atoms with Gasteiger partial charge in [0, 0.05) is 5.02 Å². The molecule has 0 radical (unpaired) electrons. The lowest BCUT2D eigenvalue weighted by molar-refractivity contribution is -0.383. The first kappa shape index (κ1) is 26.5. The van der Waals surface area contributed by atoms with Gasteiger partial charge in [0.2, 0.25) is 5.79 Å². The SMILES string of the molecule is O=C(OCC1O[C@H](O[C@]2(CO)O[C@@H](CO)C(O)C2O)C(O)C(O)[C@@H]1O)c1ccc(Cl)cc1Cl. The Morgan fingerprint density at radius 2 is 1.70 bits per heavy atom. The topological polar surface area (TPSA) is 196 Å². The molecule has 14 heteroatoms. The zero-order chi connectivity index (χ0) is 24.5. The molecule has 9 atom stereocenters. The van der Waals surface area contributed by atoms with Crippen LogP contribution in [-0.2, 0) is 18.9 Å². The maximum atomic E-state index is 12.3. The van der Waals surface area contributed by atoms with Crippen molar-refractivity contribution in [3.8, 4) is 0 Å². The summed E-state index contributed by atoms with van der Waals surface area (Å²) in [6.45, 7) is -2.35. The van der Waals surface area contributed by atoms with Crippen molar-refractivity contribution in [2.45, 2.75) is 54.8 Å². The molecule has 1 aromatic carbocycles. The van der Waals surface area contributed by atoms with Gasteiger partial charge in [0.15, 0.2) is 6.29 Å². The quantitative estimate of drug-likeness (QED) is 0.194. The number of ether oxygens (including phenoxy) is 4. The Kier molecular flexibility index (Phi) is 8.54. The molecule has 2 aliphatic heterocycles. The lowest BCUT2D eigenvalue weighted by Gasteiger charge is -2.43. The predicted molar refractivity (Wildman–Crippen MR) is 108 cm³/mol. The van der Waals surface area contributed by atoms with Crippen molar-refractivity contribution in [2.75, 3.05) is 19.8 Å². The van der Waals surface area contributed by atoms with Crippen molar-refractivity contribution in [1.82, 2.24) is 0 Å². The summed E-state index contributed by atoms with van der Waals surface area (Å²) in [5, 5.41) is 70.2. The number of aliphatic hydroxyl groups excluding tert-OH is 7. The number of benzene rings is 1. The number of carbonyl (C=O) groups excluding carboxylic acids is 1. The van der Waals surface area contributed by atoms with Crippen LogP contribution in [0.5, 0.6) is 0 Å². The van der Waals surface area contributed by atoms with E-state index in [0.29, 0.717) is 5.02 Å². The van der Waals surface area contributed by atoms with Crippen LogP contribution in [0.3, 0.4) is 0 Å². The largest absolute Gasteiger partial charge is 0.459 e. The van der Waals surface area contributed by atoms with Crippen LogP contribution in [0.2, 0.25) is 10.0 Å². The molecule has 0 spiro atoms. The van der Waals surface area contributed by atoms with E-state index in [0.717, 1.165) is 0 Å². The number of rotatable bonds is 7. The number of halogens is 2. The fourth-order valence-electron chi connectivity index (χ4n) is 3.51. The van der Waals surface area contributed by atoms with Crippen LogP contribution in [0.4, 0.5) is 0 Å². The second kappa shape index (κ2) is 10.6. The number of hydrogen-bond donors (Lipinski definition) is 7. The van der Waals surface area contributed by atoms with E-state index in [-0.39, 0.29) is 10.6 Å². The van der Waals surface area contributed by atoms with Gasteiger partial charge in [-0.3, -0.25) is 0 Å². The highest BCUT2D eigenvalue weighted by atomic mass is 35.5. The Balaban J connectivity index is 1.71. The van der Waals surface area contributed by atoms with E-state index in [1.54, 1.807) is 0 Å². The normalized spacial score (nSPS) is 38.9. The minimum Gasteiger partial charge on any atom is -0.459 e. The van der Waals surface area contributed by atoms with Crippen molar-refractivity contribution in [3.05, 3.63) is 33.8 Å². The summed E-state index contributed by atoms with van der Waals surface area (Å²) in [4.78, 5) is 12.3. The molecule has 0 saturated carbocycles. The molecule has 0 aliphatic carbocycles. The molecule has 12 nitrogen and oxygen atoms in total. The molecular formula is C19H24Cl2O12. The molecule has 186 valence electrons. The second-order valence-electron chi connectivity index (χ2n) is 7.60. The number of aliphatic hydroxyl groups is 7. The summed E-state index contributed by atoms with van der Waals surface area (Å²) in [6.07, 6.45) is -13.5. The Hall–Kier alpha value is -1.13. The summed E-state index contributed by atoms with van der Waals surface area (Å²) in [5.74, 6) is -3.21. The smallest absolute Gasteiger partial charge is 0.339 e. The lowest BCUT2D eigenvalue weighted by atomic mass is 9.99. The first-order valence-corrected chi connectivity index (χ1v) is 10.6. The Bertz CT molecular complexity index is 843. The van der Waals surface area contributed by atoms with Crippen molar-refractivity contribution in [2.24, 2.45) is 0 Å². The molecule has 2 saturated heterocycles. The average molecular weight is 515 g/mol. The minimum absolute atomic E-state index is 0.0172. The molecule has 0 bridgehead atoms. The van der Waals surface area contributed by atoms with Crippen molar-refractivity contribution in [1.29, 1.82) is 0 Å². The van der Waals surface area contributed by atoms with Gasteiger partial charge in [-0.2, -0.15) is 0 Å². The third kappa shape index (κ3) is 5.27. The van der Waals surface area contributed by atoms with Crippen molar-refractivity contribution in [3.63, 3.8) is 0 Å². The van der Waals surface area contributed by atoms with Crippen LogP contribution < -0.4 is 0 Å². The molecule has 7 N–H and O–H groups in total. The molecular weight excluding hydrogens is 491 g/mol. The highest BCUT2D eigenvalue weighted by Crippen LogP contribution is 2.36. The van der Waals surface area contributed by atoms with Crippen LogP contribution in [0.25, 0.3) is 0 Å². The summed E-state index contributed by atoms with van der Waals surface area (Å²) >= 11 is 11.7. The third-order valence-electron chi connectivity index (χ3n) is 5.42. The fourth-order valence-corrected chi connectivity index (χ4v) is 3.99. The summed E-state index contributed by atoms with van der Waals surface area (Å²) < 4.78 is 21.1. The van der Waals surface area contributed by atoms with Crippen LogP contribution in [-0.4, -0.2) is 116 Å². The standard InChI is InChI=1S/C19H24Cl2O12/c20-7-1-2-8(9(21)3-7)17(29)30-5-11-12(24)14(26)15(27)18(31-11)33-19(6-23)16(28)13(25)10(4-22)32-19/h1-3,10-16,18,22-28H,4-6H2/t10-,11?,12+,13?,14?,15?,16?,18+,19-/m0/s1. The van der Waals surface area contributed by atoms with Crippen molar-refractivity contribution < 1.29 is 59.5 Å². The van der Waals surface area contributed by atoms with Gasteiger partial charge in [-0.25, -0.2) is 4.79 Å². The van der Waals surface area contributed by atoms with Gasteiger partial charge >= 0.3 is 5.97 Å². The van der Waals surface area contributed by atoms with E-state index < -0.39 is 80.6 Å². The molecule has 33 heavy (non-hydrogen) atoms. The molecule has 3 rings (SSSR count). The highest BCUT2D eigenvalue weighted by Gasteiger charge is 2.58. The molecule has 1 aromatic rings. The number of hydrogen-bond acceptors (Lipinski definition) is 12. The Morgan fingerprint density at radius 1 is 1.00 bits per heavy atom. The van der Waals surface area contributed by atoms with Gasteiger partial charge in [0.25, 0.3) is 0 Å². The Labute approximate surface area is 197 Å². The van der Waals surface area contributed by atoms with Crippen LogP contribution in [0.1, 0.15) is 10.4 Å². The van der Waals surface area contributed by atoms with Gasteiger partial charge in [-0.1, -0.05) is 23.2 Å². The third-order valence-corrected chi connectivity index (χ3v) is 5.97.